The molecule has 0 saturated carbocycles. The van der Waals surface area contributed by atoms with Gasteiger partial charge in [-0.3, -0.25) is 19.5 Å². The largest absolute Gasteiger partial charge is 0.340 e. The summed E-state index contributed by atoms with van der Waals surface area (Å²) in [4.78, 5) is 35.2. The lowest BCUT2D eigenvalue weighted by Crippen LogP contribution is -2.47. The third kappa shape index (κ3) is 5.38. The molecule has 6 nitrogen and oxygen atoms in total. The Morgan fingerprint density at radius 2 is 1.97 bits per heavy atom. The highest BCUT2D eigenvalue weighted by Crippen LogP contribution is 2.13. The molecule has 1 saturated heterocycles. The van der Waals surface area contributed by atoms with Crippen LogP contribution in [0.25, 0.3) is 0 Å². The van der Waals surface area contributed by atoms with Gasteiger partial charge in [0.05, 0.1) is 6.04 Å². The zero-order chi connectivity index (χ0) is 20.8. The number of carbonyl (C=O) groups is 2. The Labute approximate surface area is 170 Å². The fourth-order valence-corrected chi connectivity index (χ4v) is 3.64. The van der Waals surface area contributed by atoms with Crippen molar-refractivity contribution in [2.75, 3.05) is 33.2 Å². The predicted octanol–water partition coefficient (Wildman–Crippen LogP) is 2.42. The highest BCUT2D eigenvalue weighted by Gasteiger charge is 2.28. The first-order valence-electron chi connectivity index (χ1n) is 9.89. The van der Waals surface area contributed by atoms with Gasteiger partial charge in [0.15, 0.2) is 0 Å². The van der Waals surface area contributed by atoms with E-state index >= 15 is 0 Å². The van der Waals surface area contributed by atoms with Crippen molar-refractivity contribution in [2.45, 2.75) is 25.9 Å². The van der Waals surface area contributed by atoms with Crippen molar-refractivity contribution in [3.8, 4) is 0 Å². The summed E-state index contributed by atoms with van der Waals surface area (Å²) < 4.78 is 13.4. The van der Waals surface area contributed by atoms with Crippen LogP contribution in [-0.2, 0) is 11.3 Å². The molecule has 2 amide bonds. The molecule has 1 atom stereocenters. The number of amides is 2. The van der Waals surface area contributed by atoms with Crippen molar-refractivity contribution >= 4 is 11.8 Å². The van der Waals surface area contributed by atoms with Crippen LogP contribution in [0.2, 0.25) is 0 Å². The Kier molecular flexibility index (Phi) is 6.93. The van der Waals surface area contributed by atoms with Gasteiger partial charge in [0.25, 0.3) is 5.91 Å². The summed E-state index contributed by atoms with van der Waals surface area (Å²) in [7, 11) is 1.73. The molecule has 29 heavy (non-hydrogen) atoms. The van der Waals surface area contributed by atoms with Gasteiger partial charge in [0.1, 0.15) is 11.5 Å². The maximum atomic E-state index is 13.4. The number of hydrogen-bond donors (Lipinski definition) is 0. The van der Waals surface area contributed by atoms with Crippen molar-refractivity contribution < 1.29 is 14.0 Å². The minimum atomic E-state index is -0.307. The normalized spacial score (nSPS) is 16.2. The van der Waals surface area contributed by atoms with Crippen molar-refractivity contribution in [1.29, 1.82) is 0 Å². The van der Waals surface area contributed by atoms with Gasteiger partial charge in [-0.05, 0) is 43.2 Å². The van der Waals surface area contributed by atoms with Crippen LogP contribution >= 0.6 is 0 Å². The summed E-state index contributed by atoms with van der Waals surface area (Å²) in [5, 5.41) is 0. The highest BCUT2D eigenvalue weighted by molar-refractivity contribution is 5.92. The van der Waals surface area contributed by atoms with Crippen molar-refractivity contribution in [3.05, 3.63) is 65.7 Å². The second kappa shape index (κ2) is 9.60. The molecule has 0 aliphatic carbocycles. The van der Waals surface area contributed by atoms with Crippen molar-refractivity contribution in [3.63, 3.8) is 0 Å². The van der Waals surface area contributed by atoms with Crippen LogP contribution in [-0.4, -0.2) is 70.8 Å². The molecule has 0 bridgehead atoms. The minimum Gasteiger partial charge on any atom is -0.340 e. The lowest BCUT2D eigenvalue weighted by Gasteiger charge is -2.30. The SMILES string of the molecule is CC(C(=O)N(C)Cc1cccc(F)c1)N1CCCN(C(=O)c2ccccn2)CC1. The lowest BCUT2D eigenvalue weighted by molar-refractivity contribution is -0.135. The third-order valence-corrected chi connectivity index (χ3v) is 5.29. The Hall–Kier alpha value is -2.80. The quantitative estimate of drug-likeness (QED) is 0.776. The predicted molar refractivity (Wildman–Crippen MR) is 109 cm³/mol. The van der Waals surface area contributed by atoms with E-state index in [1.807, 2.05) is 13.0 Å². The van der Waals surface area contributed by atoms with E-state index in [9.17, 15) is 14.0 Å². The van der Waals surface area contributed by atoms with E-state index in [-0.39, 0.29) is 23.7 Å². The fourth-order valence-electron chi connectivity index (χ4n) is 3.64. The van der Waals surface area contributed by atoms with Crippen LogP contribution in [0.3, 0.4) is 0 Å². The monoisotopic (exact) mass is 398 g/mol. The molecule has 2 heterocycles. The maximum absolute atomic E-state index is 13.4. The minimum absolute atomic E-state index is 0.0150. The summed E-state index contributed by atoms with van der Waals surface area (Å²) in [5.41, 5.74) is 1.20. The molecular weight excluding hydrogens is 371 g/mol. The van der Waals surface area contributed by atoms with Crippen molar-refractivity contribution in [2.24, 2.45) is 0 Å². The van der Waals surface area contributed by atoms with Gasteiger partial charge in [-0.2, -0.15) is 0 Å². The van der Waals surface area contributed by atoms with E-state index < -0.39 is 0 Å². The van der Waals surface area contributed by atoms with E-state index in [0.29, 0.717) is 31.9 Å². The highest BCUT2D eigenvalue weighted by atomic mass is 19.1. The molecule has 3 rings (SSSR count). The Bertz CT molecular complexity index is 846. The molecule has 1 fully saturated rings. The fraction of sp³-hybridized carbons (Fsp3) is 0.409. The second-order valence-corrected chi connectivity index (χ2v) is 7.40. The molecule has 1 aliphatic rings. The molecule has 1 aromatic heterocycles. The molecule has 1 unspecified atom stereocenters. The second-order valence-electron chi connectivity index (χ2n) is 7.40. The van der Waals surface area contributed by atoms with Crippen LogP contribution in [0.1, 0.15) is 29.4 Å². The standard InChI is InChI=1S/C22H27FN4O2/c1-17(21(28)25(2)16-18-7-5-8-19(23)15-18)26-11-6-12-27(14-13-26)22(29)20-9-3-4-10-24-20/h3-5,7-10,15,17H,6,11-14,16H2,1-2H3. The first kappa shape index (κ1) is 20.9. The zero-order valence-corrected chi connectivity index (χ0v) is 16.9. The molecule has 0 radical (unpaired) electrons. The maximum Gasteiger partial charge on any atom is 0.272 e. The molecule has 0 N–H and O–H groups in total. The number of pyridine rings is 1. The molecular formula is C22H27FN4O2. The van der Waals surface area contributed by atoms with Crippen LogP contribution < -0.4 is 0 Å². The van der Waals surface area contributed by atoms with Crippen molar-refractivity contribution in [1.82, 2.24) is 19.7 Å². The van der Waals surface area contributed by atoms with Crippen LogP contribution in [0.4, 0.5) is 4.39 Å². The number of nitrogens with zero attached hydrogens (tertiary/aromatic N) is 4. The van der Waals surface area contributed by atoms with E-state index in [1.54, 1.807) is 47.3 Å². The number of aromatic nitrogens is 1. The molecule has 7 heteroatoms. The summed E-state index contributed by atoms with van der Waals surface area (Å²) >= 11 is 0. The molecule has 0 spiro atoms. The summed E-state index contributed by atoms with van der Waals surface area (Å²) in [5.74, 6) is -0.394. The zero-order valence-electron chi connectivity index (χ0n) is 16.9. The summed E-state index contributed by atoms with van der Waals surface area (Å²) in [6.07, 6.45) is 2.41. The number of likely N-dealkylation sites (N-methyl/N-ethyl adjacent to an activating group) is 1. The van der Waals surface area contributed by atoms with Crippen LogP contribution in [0, 0.1) is 5.82 Å². The molecule has 154 valence electrons. The van der Waals surface area contributed by atoms with Crippen LogP contribution in [0.15, 0.2) is 48.7 Å². The molecule has 1 aromatic carbocycles. The third-order valence-electron chi connectivity index (χ3n) is 5.29. The Morgan fingerprint density at radius 1 is 1.14 bits per heavy atom. The van der Waals surface area contributed by atoms with E-state index in [1.165, 1.54) is 12.1 Å². The topological polar surface area (TPSA) is 56.8 Å². The number of halogens is 1. The Balaban J connectivity index is 1.57. The first-order valence-corrected chi connectivity index (χ1v) is 9.89. The number of hydrogen-bond acceptors (Lipinski definition) is 4. The molecule has 1 aliphatic heterocycles. The van der Waals surface area contributed by atoms with Gasteiger partial charge in [-0.1, -0.05) is 18.2 Å². The summed E-state index contributed by atoms with van der Waals surface area (Å²) in [6.45, 7) is 4.82. The average Bonchev–Trinajstić information content (AvgIpc) is 2.99. The van der Waals surface area contributed by atoms with Gasteiger partial charge in [-0.15, -0.1) is 0 Å². The van der Waals surface area contributed by atoms with E-state index in [4.69, 9.17) is 0 Å². The van der Waals surface area contributed by atoms with Gasteiger partial charge < -0.3 is 9.80 Å². The Morgan fingerprint density at radius 3 is 2.69 bits per heavy atom. The average molecular weight is 398 g/mol. The number of rotatable bonds is 5. The lowest BCUT2D eigenvalue weighted by atomic mass is 10.2. The smallest absolute Gasteiger partial charge is 0.272 e. The molecule has 2 aromatic rings. The summed E-state index contributed by atoms with van der Waals surface area (Å²) in [6, 6.07) is 11.3. The van der Waals surface area contributed by atoms with Gasteiger partial charge in [-0.25, -0.2) is 4.39 Å². The van der Waals surface area contributed by atoms with Gasteiger partial charge in [0, 0.05) is 46.0 Å². The van der Waals surface area contributed by atoms with Gasteiger partial charge >= 0.3 is 0 Å². The van der Waals surface area contributed by atoms with Crippen LogP contribution in [0.5, 0.6) is 0 Å². The van der Waals surface area contributed by atoms with E-state index in [2.05, 4.69) is 9.88 Å². The number of carbonyl (C=O) groups excluding carboxylic acids is 2. The first-order chi connectivity index (χ1) is 14.0. The number of benzene rings is 1. The van der Waals surface area contributed by atoms with E-state index in [0.717, 1.165) is 18.5 Å². The van der Waals surface area contributed by atoms with Gasteiger partial charge in [0.2, 0.25) is 5.91 Å².